The standard InChI is InChI=1S/C16H23FN4O6/c1-3-10(22)25-8-16(7-18)13(26-11(23)4-2)12(17)14(27-16)21-6-5-9(19)20-15(21)24/h5-6,12-14H,3-4,7-8,18H2,1-2H3,(H2,19,20,24)/t12-,13+,14-,16-/m1/s1. The fraction of sp³-hybridized carbons (Fsp3) is 0.625. The number of alkyl halides is 1. The van der Waals surface area contributed by atoms with Crippen LogP contribution >= 0.6 is 0 Å². The van der Waals surface area contributed by atoms with Crippen LogP contribution in [-0.2, 0) is 23.8 Å². The van der Waals surface area contributed by atoms with Crippen molar-refractivity contribution >= 4 is 17.8 Å². The minimum Gasteiger partial charge on any atom is -0.462 e. The van der Waals surface area contributed by atoms with Gasteiger partial charge in [0.15, 0.2) is 24.1 Å². The van der Waals surface area contributed by atoms with Crippen molar-refractivity contribution in [3.05, 3.63) is 22.7 Å². The zero-order chi connectivity index (χ0) is 20.2. The molecule has 0 radical (unpaired) electrons. The lowest BCUT2D eigenvalue weighted by Gasteiger charge is -2.31. The Morgan fingerprint density at radius 3 is 2.59 bits per heavy atom. The molecular formula is C16H23FN4O6. The van der Waals surface area contributed by atoms with E-state index in [-0.39, 0.29) is 25.2 Å². The fourth-order valence-corrected chi connectivity index (χ4v) is 2.68. The highest BCUT2D eigenvalue weighted by molar-refractivity contribution is 5.70. The molecule has 4 N–H and O–H groups in total. The molecule has 0 amide bonds. The van der Waals surface area contributed by atoms with Gasteiger partial charge in [0.1, 0.15) is 12.4 Å². The first-order valence-corrected chi connectivity index (χ1v) is 8.49. The monoisotopic (exact) mass is 386 g/mol. The summed E-state index contributed by atoms with van der Waals surface area (Å²) in [5.41, 5.74) is 8.72. The summed E-state index contributed by atoms with van der Waals surface area (Å²) >= 11 is 0. The topological polar surface area (TPSA) is 149 Å². The molecule has 150 valence electrons. The highest BCUT2D eigenvalue weighted by Gasteiger charge is 2.59. The van der Waals surface area contributed by atoms with Gasteiger partial charge in [-0.2, -0.15) is 4.98 Å². The highest BCUT2D eigenvalue weighted by Crippen LogP contribution is 2.40. The summed E-state index contributed by atoms with van der Waals surface area (Å²) in [7, 11) is 0. The van der Waals surface area contributed by atoms with Crippen LogP contribution in [0.5, 0.6) is 0 Å². The van der Waals surface area contributed by atoms with Crippen molar-refractivity contribution < 1.29 is 28.2 Å². The van der Waals surface area contributed by atoms with Crippen LogP contribution in [0.4, 0.5) is 10.2 Å². The molecule has 1 aliphatic heterocycles. The number of hydrogen-bond acceptors (Lipinski definition) is 9. The molecule has 1 fully saturated rings. The third-order valence-electron chi connectivity index (χ3n) is 4.22. The Kier molecular flexibility index (Phi) is 6.50. The third-order valence-corrected chi connectivity index (χ3v) is 4.22. The number of nitrogens with two attached hydrogens (primary N) is 2. The van der Waals surface area contributed by atoms with Crippen molar-refractivity contribution in [2.24, 2.45) is 5.73 Å². The van der Waals surface area contributed by atoms with Crippen LogP contribution in [0.2, 0.25) is 0 Å². The maximum atomic E-state index is 15.2. The van der Waals surface area contributed by atoms with Crippen LogP contribution in [0.1, 0.15) is 32.9 Å². The number of carbonyl (C=O) groups excluding carboxylic acids is 2. The lowest BCUT2D eigenvalue weighted by Crippen LogP contribution is -2.54. The van der Waals surface area contributed by atoms with Crippen molar-refractivity contribution in [1.82, 2.24) is 9.55 Å². The number of aromatic nitrogens is 2. The maximum absolute atomic E-state index is 15.2. The summed E-state index contributed by atoms with van der Waals surface area (Å²) in [6.45, 7) is 2.37. The van der Waals surface area contributed by atoms with Crippen LogP contribution in [0.15, 0.2) is 17.1 Å². The molecule has 2 rings (SSSR count). The van der Waals surface area contributed by atoms with Gasteiger partial charge >= 0.3 is 17.6 Å². The van der Waals surface area contributed by atoms with Gasteiger partial charge in [0.05, 0.1) is 0 Å². The summed E-state index contributed by atoms with van der Waals surface area (Å²) in [5.74, 6) is -1.29. The second kappa shape index (κ2) is 8.44. The van der Waals surface area contributed by atoms with E-state index in [4.69, 9.17) is 25.7 Å². The summed E-state index contributed by atoms with van der Waals surface area (Å²) in [6, 6.07) is 1.30. The number of carbonyl (C=O) groups is 2. The SMILES string of the molecule is CCC(=O)OC[C@@]1(CN)O[C@@H](n2ccc(N)nc2=O)[C@H](F)[C@@H]1OC(=O)CC. The van der Waals surface area contributed by atoms with Crippen LogP contribution in [0.3, 0.4) is 0 Å². The van der Waals surface area contributed by atoms with E-state index >= 15 is 4.39 Å². The molecular weight excluding hydrogens is 363 g/mol. The maximum Gasteiger partial charge on any atom is 0.351 e. The van der Waals surface area contributed by atoms with Gasteiger partial charge in [-0.3, -0.25) is 14.2 Å². The van der Waals surface area contributed by atoms with E-state index in [9.17, 15) is 14.4 Å². The van der Waals surface area contributed by atoms with E-state index in [2.05, 4.69) is 4.98 Å². The molecule has 1 aliphatic rings. The Bertz CT molecular complexity index is 757. The number of halogens is 1. The van der Waals surface area contributed by atoms with E-state index in [0.717, 1.165) is 4.57 Å². The predicted molar refractivity (Wildman–Crippen MR) is 91.1 cm³/mol. The molecule has 1 aromatic heterocycles. The highest BCUT2D eigenvalue weighted by atomic mass is 19.1. The quantitative estimate of drug-likeness (QED) is 0.600. The van der Waals surface area contributed by atoms with Gasteiger partial charge in [-0.05, 0) is 6.07 Å². The first kappa shape index (κ1) is 20.8. The molecule has 0 aliphatic carbocycles. The summed E-state index contributed by atoms with van der Waals surface area (Å²) in [5, 5.41) is 0. The van der Waals surface area contributed by atoms with Gasteiger partial charge < -0.3 is 25.7 Å². The van der Waals surface area contributed by atoms with Gasteiger partial charge in [-0.15, -0.1) is 0 Å². The summed E-state index contributed by atoms with van der Waals surface area (Å²) in [4.78, 5) is 38.9. The number of anilines is 1. The molecule has 0 saturated carbocycles. The van der Waals surface area contributed by atoms with Gasteiger partial charge in [-0.1, -0.05) is 13.8 Å². The molecule has 27 heavy (non-hydrogen) atoms. The predicted octanol–water partition coefficient (Wildman–Crippen LogP) is -0.335. The van der Waals surface area contributed by atoms with Gasteiger partial charge in [0.2, 0.25) is 0 Å². The van der Waals surface area contributed by atoms with Gasteiger partial charge in [0.25, 0.3) is 0 Å². The van der Waals surface area contributed by atoms with Crippen LogP contribution in [-0.4, -0.2) is 52.5 Å². The normalized spacial score (nSPS) is 27.3. The average Bonchev–Trinajstić information content (AvgIpc) is 2.92. The van der Waals surface area contributed by atoms with Crippen molar-refractivity contribution in [2.75, 3.05) is 18.9 Å². The second-order valence-electron chi connectivity index (χ2n) is 6.04. The van der Waals surface area contributed by atoms with Crippen LogP contribution in [0, 0.1) is 0 Å². The van der Waals surface area contributed by atoms with E-state index in [0.29, 0.717) is 0 Å². The number of rotatable bonds is 7. The summed E-state index contributed by atoms with van der Waals surface area (Å²) in [6.07, 6.45) is -3.62. The number of nitrogens with zero attached hydrogens (tertiary/aromatic N) is 2. The molecule has 0 aromatic carbocycles. The number of nitrogen functional groups attached to an aromatic ring is 1. The molecule has 1 saturated heterocycles. The molecule has 0 unspecified atom stereocenters. The first-order valence-electron chi connectivity index (χ1n) is 8.49. The largest absolute Gasteiger partial charge is 0.462 e. The fourth-order valence-electron chi connectivity index (χ4n) is 2.68. The minimum absolute atomic E-state index is 0.00728. The molecule has 11 heteroatoms. The Labute approximate surface area is 154 Å². The van der Waals surface area contributed by atoms with Crippen LogP contribution < -0.4 is 17.2 Å². The van der Waals surface area contributed by atoms with Crippen molar-refractivity contribution in [1.29, 1.82) is 0 Å². The van der Waals surface area contributed by atoms with E-state index in [1.807, 2.05) is 0 Å². The molecule has 1 aromatic rings. The zero-order valence-corrected chi connectivity index (χ0v) is 15.1. The number of hydrogen-bond donors (Lipinski definition) is 2. The van der Waals surface area contributed by atoms with E-state index in [1.165, 1.54) is 12.3 Å². The van der Waals surface area contributed by atoms with Gasteiger partial charge in [-0.25, -0.2) is 9.18 Å². The average molecular weight is 386 g/mol. The first-order chi connectivity index (χ1) is 12.8. The lowest BCUT2D eigenvalue weighted by atomic mass is 9.96. The number of esters is 2. The van der Waals surface area contributed by atoms with E-state index < -0.39 is 48.3 Å². The van der Waals surface area contributed by atoms with Crippen molar-refractivity contribution in [3.8, 4) is 0 Å². The molecule has 4 atom stereocenters. The molecule has 0 bridgehead atoms. The molecule has 2 heterocycles. The third kappa shape index (κ3) is 4.25. The second-order valence-corrected chi connectivity index (χ2v) is 6.04. The molecule has 0 spiro atoms. The Morgan fingerprint density at radius 1 is 1.37 bits per heavy atom. The smallest absolute Gasteiger partial charge is 0.351 e. The van der Waals surface area contributed by atoms with Gasteiger partial charge in [0, 0.05) is 25.6 Å². The minimum atomic E-state index is -1.95. The lowest BCUT2D eigenvalue weighted by molar-refractivity contribution is -0.176. The van der Waals surface area contributed by atoms with Crippen LogP contribution in [0.25, 0.3) is 0 Å². The zero-order valence-electron chi connectivity index (χ0n) is 15.1. The summed E-state index contributed by atoms with van der Waals surface area (Å²) < 4.78 is 32.0. The Hall–Kier alpha value is -2.53. The molecule has 10 nitrogen and oxygen atoms in total. The number of ether oxygens (including phenoxy) is 3. The Balaban J connectivity index is 2.40. The van der Waals surface area contributed by atoms with Crippen molar-refractivity contribution in [3.63, 3.8) is 0 Å². The Morgan fingerprint density at radius 2 is 2.04 bits per heavy atom. The van der Waals surface area contributed by atoms with E-state index in [1.54, 1.807) is 13.8 Å². The van der Waals surface area contributed by atoms with Crippen molar-refractivity contribution in [2.45, 2.75) is 50.8 Å².